The Labute approximate surface area is 108 Å². The molecular weight excluding hydrogens is 246 g/mol. The number of rotatable bonds is 2. The molecule has 0 atom stereocenters. The van der Waals surface area contributed by atoms with Gasteiger partial charge in [-0.2, -0.15) is 14.9 Å². The van der Waals surface area contributed by atoms with E-state index in [-0.39, 0.29) is 0 Å². The van der Waals surface area contributed by atoms with Gasteiger partial charge in [0, 0.05) is 22.2 Å². The summed E-state index contributed by atoms with van der Waals surface area (Å²) in [4.78, 5) is 3.32. The lowest BCUT2D eigenvalue weighted by molar-refractivity contribution is 0.862. The van der Waals surface area contributed by atoms with E-state index in [2.05, 4.69) is 26.3 Å². The van der Waals surface area contributed by atoms with Crippen LogP contribution in [0.15, 0.2) is 35.7 Å². The third-order valence-electron chi connectivity index (χ3n) is 2.79. The number of aryl methyl sites for hydroxylation is 1. The largest absolute Gasteiger partial charge is 0.358 e. The third-order valence-corrected chi connectivity index (χ3v) is 3.07. The van der Waals surface area contributed by atoms with Crippen LogP contribution < -0.4 is 0 Å². The second kappa shape index (κ2) is 4.23. The lowest BCUT2D eigenvalue weighted by Crippen LogP contribution is -1.90. The van der Waals surface area contributed by atoms with Gasteiger partial charge in [-0.1, -0.05) is 18.2 Å². The number of fused-ring (bicyclic) bond motifs is 1. The van der Waals surface area contributed by atoms with Crippen LogP contribution in [0.3, 0.4) is 0 Å². The quantitative estimate of drug-likeness (QED) is 0.547. The monoisotopic (exact) mass is 257 g/mol. The number of aromatic amines is 2. The van der Waals surface area contributed by atoms with Crippen LogP contribution in [0.25, 0.3) is 10.9 Å². The van der Waals surface area contributed by atoms with Gasteiger partial charge >= 0.3 is 0 Å². The van der Waals surface area contributed by atoms with Gasteiger partial charge in [-0.25, -0.2) is 0 Å². The minimum Gasteiger partial charge on any atom is -0.358 e. The first kappa shape index (κ1) is 10.9. The molecule has 0 spiro atoms. The minimum atomic E-state index is 0.476. The van der Waals surface area contributed by atoms with Crippen LogP contribution in [0.1, 0.15) is 11.3 Å². The van der Waals surface area contributed by atoms with Crippen LogP contribution in [0.2, 0.25) is 0 Å². The molecule has 0 amide bonds. The number of aromatic nitrogens is 4. The standard InChI is InChI=1S/C12H11N5S/c1-8-10(6-14-17-7-13-16-12(17)18)9-4-2-3-5-11(9)15-8/h2-7,15H,1H3,(H,16,18)/b14-6+. The molecule has 0 radical (unpaired) electrons. The van der Waals surface area contributed by atoms with Gasteiger partial charge in [0.1, 0.15) is 6.33 Å². The van der Waals surface area contributed by atoms with Crippen molar-refractivity contribution in [1.29, 1.82) is 0 Å². The van der Waals surface area contributed by atoms with Gasteiger partial charge in [-0.15, -0.1) is 0 Å². The zero-order valence-electron chi connectivity index (χ0n) is 9.71. The summed E-state index contributed by atoms with van der Waals surface area (Å²) in [6, 6.07) is 8.12. The Morgan fingerprint density at radius 1 is 1.39 bits per heavy atom. The molecule has 0 saturated heterocycles. The summed E-state index contributed by atoms with van der Waals surface area (Å²) in [5.41, 5.74) is 3.25. The zero-order chi connectivity index (χ0) is 12.5. The summed E-state index contributed by atoms with van der Waals surface area (Å²) in [5, 5.41) is 11.9. The predicted octanol–water partition coefficient (Wildman–Crippen LogP) is 2.61. The highest BCUT2D eigenvalue weighted by atomic mass is 32.1. The van der Waals surface area contributed by atoms with E-state index in [0.717, 1.165) is 22.2 Å². The van der Waals surface area contributed by atoms with Gasteiger partial charge in [0.15, 0.2) is 0 Å². The van der Waals surface area contributed by atoms with Crippen LogP contribution in [0.5, 0.6) is 0 Å². The molecule has 0 bridgehead atoms. The van der Waals surface area contributed by atoms with E-state index >= 15 is 0 Å². The number of nitrogens with zero attached hydrogens (tertiary/aromatic N) is 3. The Bertz CT molecular complexity index is 777. The van der Waals surface area contributed by atoms with E-state index in [4.69, 9.17) is 12.2 Å². The van der Waals surface area contributed by atoms with Gasteiger partial charge in [0.2, 0.25) is 4.77 Å². The van der Waals surface area contributed by atoms with Crippen LogP contribution in [0, 0.1) is 11.7 Å². The molecule has 3 rings (SSSR count). The van der Waals surface area contributed by atoms with Crippen molar-refractivity contribution in [1.82, 2.24) is 19.9 Å². The van der Waals surface area contributed by atoms with Crippen LogP contribution >= 0.6 is 12.2 Å². The maximum atomic E-state index is 5.03. The summed E-state index contributed by atoms with van der Waals surface area (Å²) < 4.78 is 2.00. The fraction of sp³-hybridized carbons (Fsp3) is 0.0833. The van der Waals surface area contributed by atoms with Crippen molar-refractivity contribution in [3.05, 3.63) is 46.6 Å². The number of H-pyrrole nitrogens is 2. The Hall–Kier alpha value is -2.21. The SMILES string of the molecule is Cc1[nH]c2ccccc2c1/C=N/n1cn[nH]c1=S. The normalized spacial score (nSPS) is 11.6. The maximum Gasteiger partial charge on any atom is 0.216 e. The molecule has 2 aromatic heterocycles. The molecular formula is C12H11N5S. The smallest absolute Gasteiger partial charge is 0.216 e. The maximum absolute atomic E-state index is 5.03. The van der Waals surface area contributed by atoms with Gasteiger partial charge in [0.25, 0.3) is 0 Å². The first-order chi connectivity index (χ1) is 8.75. The molecule has 0 aliphatic carbocycles. The molecule has 0 unspecified atom stereocenters. The van der Waals surface area contributed by atoms with Crippen molar-refractivity contribution < 1.29 is 0 Å². The summed E-state index contributed by atoms with van der Waals surface area (Å²) in [7, 11) is 0. The first-order valence-electron chi connectivity index (χ1n) is 5.49. The third kappa shape index (κ3) is 1.76. The Morgan fingerprint density at radius 2 is 2.22 bits per heavy atom. The molecule has 18 heavy (non-hydrogen) atoms. The van der Waals surface area contributed by atoms with Crippen molar-refractivity contribution in [2.45, 2.75) is 6.92 Å². The molecule has 0 aliphatic rings. The molecule has 0 fully saturated rings. The number of hydrogen-bond donors (Lipinski definition) is 2. The van der Waals surface area contributed by atoms with Crippen LogP contribution in [-0.2, 0) is 0 Å². The molecule has 1 aromatic carbocycles. The minimum absolute atomic E-state index is 0.476. The molecule has 0 saturated carbocycles. The first-order valence-corrected chi connectivity index (χ1v) is 5.90. The molecule has 5 nitrogen and oxygen atoms in total. The highest BCUT2D eigenvalue weighted by Gasteiger charge is 2.05. The molecule has 0 aliphatic heterocycles. The summed E-state index contributed by atoms with van der Waals surface area (Å²) in [5.74, 6) is 0. The second-order valence-electron chi connectivity index (χ2n) is 3.96. The second-order valence-corrected chi connectivity index (χ2v) is 4.35. The van der Waals surface area contributed by atoms with Gasteiger partial charge in [-0.3, -0.25) is 5.10 Å². The van der Waals surface area contributed by atoms with E-state index in [1.807, 2.05) is 25.1 Å². The van der Waals surface area contributed by atoms with Crippen molar-refractivity contribution in [2.24, 2.45) is 5.10 Å². The molecule has 3 aromatic rings. The molecule has 90 valence electrons. The topological polar surface area (TPSA) is 61.8 Å². The fourth-order valence-corrected chi connectivity index (χ4v) is 2.06. The van der Waals surface area contributed by atoms with Crippen molar-refractivity contribution in [2.75, 3.05) is 0 Å². The summed E-state index contributed by atoms with van der Waals surface area (Å²) in [6.45, 7) is 2.02. The van der Waals surface area contributed by atoms with Gasteiger partial charge in [-0.05, 0) is 25.2 Å². The Balaban J connectivity index is 2.10. The van der Waals surface area contributed by atoms with Crippen molar-refractivity contribution in [3.63, 3.8) is 0 Å². The van der Waals surface area contributed by atoms with Crippen molar-refractivity contribution in [3.8, 4) is 0 Å². The lowest BCUT2D eigenvalue weighted by atomic mass is 10.1. The summed E-state index contributed by atoms with van der Waals surface area (Å²) >= 11 is 5.03. The predicted molar refractivity (Wildman–Crippen MR) is 73.4 cm³/mol. The van der Waals surface area contributed by atoms with Crippen LogP contribution in [-0.4, -0.2) is 26.1 Å². The highest BCUT2D eigenvalue weighted by molar-refractivity contribution is 7.71. The fourth-order valence-electron chi connectivity index (χ4n) is 1.91. The Kier molecular flexibility index (Phi) is 2.56. The Morgan fingerprint density at radius 3 is 3.00 bits per heavy atom. The highest BCUT2D eigenvalue weighted by Crippen LogP contribution is 2.19. The lowest BCUT2D eigenvalue weighted by Gasteiger charge is -1.93. The average molecular weight is 257 g/mol. The van der Waals surface area contributed by atoms with E-state index in [1.165, 1.54) is 4.68 Å². The van der Waals surface area contributed by atoms with Gasteiger partial charge < -0.3 is 4.98 Å². The van der Waals surface area contributed by atoms with E-state index < -0.39 is 0 Å². The number of nitrogens with one attached hydrogen (secondary N) is 2. The van der Waals surface area contributed by atoms with E-state index in [9.17, 15) is 0 Å². The van der Waals surface area contributed by atoms with E-state index in [0.29, 0.717) is 4.77 Å². The molecule has 2 heterocycles. The average Bonchev–Trinajstić information content (AvgIpc) is 2.90. The number of benzene rings is 1. The number of para-hydroxylation sites is 1. The van der Waals surface area contributed by atoms with Crippen molar-refractivity contribution >= 4 is 29.3 Å². The van der Waals surface area contributed by atoms with Gasteiger partial charge in [0.05, 0.1) is 6.21 Å². The van der Waals surface area contributed by atoms with E-state index in [1.54, 1.807) is 12.5 Å². The van der Waals surface area contributed by atoms with Crippen LogP contribution in [0.4, 0.5) is 0 Å². The zero-order valence-corrected chi connectivity index (χ0v) is 10.5. The number of hydrogen-bond acceptors (Lipinski definition) is 3. The molecule has 6 heteroatoms. The summed E-state index contributed by atoms with van der Waals surface area (Å²) in [6.07, 6.45) is 3.34. The molecule has 2 N–H and O–H groups in total.